The Morgan fingerprint density at radius 2 is 2.39 bits per heavy atom. The minimum Gasteiger partial charge on any atom is -0.332 e. The van der Waals surface area contributed by atoms with Crippen molar-refractivity contribution >= 4 is 17.2 Å². The molecule has 1 amide bonds. The van der Waals surface area contributed by atoms with Gasteiger partial charge in [-0.25, -0.2) is 0 Å². The molecule has 3 nitrogen and oxygen atoms in total. The van der Waals surface area contributed by atoms with Gasteiger partial charge in [-0.2, -0.15) is 0 Å². The first kappa shape index (κ1) is 13.6. The number of carbonyl (C=O) groups excluding carboxylic acids is 1. The number of piperazine rings is 1. The highest BCUT2D eigenvalue weighted by atomic mass is 32.1. The molecule has 100 valence electrons. The van der Waals surface area contributed by atoms with Crippen molar-refractivity contribution in [2.75, 3.05) is 13.1 Å². The summed E-state index contributed by atoms with van der Waals surface area (Å²) in [5, 5.41) is 5.45. The molecular formula is C14H22N2OS. The van der Waals surface area contributed by atoms with Crippen LogP contribution in [-0.2, 0) is 0 Å². The standard InChI is InChI=1S/C14H22N2OS/c1-10(2)7-12-8-15-11(3)9-16(12)14(17)13-5-4-6-18-13/h4-6,10-12,15H,7-9H2,1-3H3. The van der Waals surface area contributed by atoms with Crippen LogP contribution in [0, 0.1) is 5.92 Å². The molecule has 1 aliphatic heterocycles. The van der Waals surface area contributed by atoms with Crippen molar-refractivity contribution < 1.29 is 4.79 Å². The monoisotopic (exact) mass is 266 g/mol. The molecule has 2 unspecified atom stereocenters. The molecular weight excluding hydrogens is 244 g/mol. The normalized spacial score (nSPS) is 24.6. The summed E-state index contributed by atoms with van der Waals surface area (Å²) in [6, 6.07) is 4.58. The maximum absolute atomic E-state index is 12.5. The lowest BCUT2D eigenvalue weighted by Gasteiger charge is -2.40. The Kier molecular flexibility index (Phi) is 4.40. The summed E-state index contributed by atoms with van der Waals surface area (Å²) in [6.07, 6.45) is 1.07. The van der Waals surface area contributed by atoms with E-state index in [4.69, 9.17) is 0 Å². The molecule has 0 saturated carbocycles. The topological polar surface area (TPSA) is 32.3 Å². The minimum absolute atomic E-state index is 0.198. The molecule has 2 heterocycles. The molecule has 1 N–H and O–H groups in total. The average Bonchev–Trinajstić information content (AvgIpc) is 2.83. The predicted octanol–water partition coefficient (Wildman–Crippen LogP) is 2.60. The van der Waals surface area contributed by atoms with Crippen molar-refractivity contribution in [3.05, 3.63) is 22.4 Å². The number of hydrogen-bond acceptors (Lipinski definition) is 3. The molecule has 4 heteroatoms. The Morgan fingerprint density at radius 3 is 3.00 bits per heavy atom. The van der Waals surface area contributed by atoms with Crippen LogP contribution in [0.15, 0.2) is 17.5 Å². The van der Waals surface area contributed by atoms with Crippen molar-refractivity contribution in [2.45, 2.75) is 39.3 Å². The van der Waals surface area contributed by atoms with Gasteiger partial charge in [-0.05, 0) is 30.7 Å². The van der Waals surface area contributed by atoms with E-state index in [2.05, 4.69) is 31.0 Å². The van der Waals surface area contributed by atoms with E-state index in [1.165, 1.54) is 11.3 Å². The third-order valence-electron chi connectivity index (χ3n) is 3.35. The lowest BCUT2D eigenvalue weighted by molar-refractivity contribution is 0.0568. The van der Waals surface area contributed by atoms with Crippen molar-refractivity contribution in [1.29, 1.82) is 0 Å². The van der Waals surface area contributed by atoms with Gasteiger partial charge in [0.15, 0.2) is 0 Å². The third-order valence-corrected chi connectivity index (χ3v) is 4.21. The van der Waals surface area contributed by atoms with E-state index in [-0.39, 0.29) is 5.91 Å². The van der Waals surface area contributed by atoms with Gasteiger partial charge in [-0.3, -0.25) is 4.79 Å². The van der Waals surface area contributed by atoms with Gasteiger partial charge >= 0.3 is 0 Å². The molecule has 2 atom stereocenters. The zero-order valence-electron chi connectivity index (χ0n) is 11.3. The molecule has 0 bridgehead atoms. The number of hydrogen-bond donors (Lipinski definition) is 1. The Hall–Kier alpha value is -0.870. The van der Waals surface area contributed by atoms with Gasteiger partial charge in [0.2, 0.25) is 0 Å². The molecule has 1 aliphatic rings. The van der Waals surface area contributed by atoms with Crippen molar-refractivity contribution in [1.82, 2.24) is 10.2 Å². The molecule has 1 aromatic rings. The molecule has 0 aromatic carbocycles. The highest BCUT2D eigenvalue weighted by molar-refractivity contribution is 7.12. The van der Waals surface area contributed by atoms with E-state index in [9.17, 15) is 4.79 Å². The van der Waals surface area contributed by atoms with E-state index >= 15 is 0 Å². The van der Waals surface area contributed by atoms with E-state index in [1.54, 1.807) is 0 Å². The van der Waals surface area contributed by atoms with Crippen molar-refractivity contribution in [3.63, 3.8) is 0 Å². The summed E-state index contributed by atoms with van der Waals surface area (Å²) in [7, 11) is 0. The molecule has 1 saturated heterocycles. The van der Waals surface area contributed by atoms with E-state index in [0.29, 0.717) is 18.0 Å². The first-order chi connectivity index (χ1) is 8.58. The Morgan fingerprint density at radius 1 is 1.61 bits per heavy atom. The fourth-order valence-electron chi connectivity index (χ4n) is 2.50. The molecule has 2 rings (SSSR count). The third kappa shape index (κ3) is 3.12. The number of amides is 1. The van der Waals surface area contributed by atoms with Crippen LogP contribution in [0.1, 0.15) is 36.9 Å². The molecule has 18 heavy (non-hydrogen) atoms. The zero-order chi connectivity index (χ0) is 13.1. The molecule has 1 aromatic heterocycles. The zero-order valence-corrected chi connectivity index (χ0v) is 12.2. The second-order valence-electron chi connectivity index (χ2n) is 5.53. The summed E-state index contributed by atoms with van der Waals surface area (Å²) in [5.74, 6) is 0.813. The summed E-state index contributed by atoms with van der Waals surface area (Å²) in [4.78, 5) is 15.4. The molecule has 0 aliphatic carbocycles. The molecule has 1 fully saturated rings. The maximum atomic E-state index is 12.5. The molecule has 0 radical (unpaired) electrons. The summed E-state index contributed by atoms with van der Waals surface area (Å²) < 4.78 is 0. The van der Waals surface area contributed by atoms with E-state index in [1.807, 2.05) is 17.5 Å². The first-order valence-corrected chi connectivity index (χ1v) is 7.53. The molecule has 0 spiro atoms. The Labute approximate surface area is 113 Å². The second kappa shape index (κ2) is 5.85. The maximum Gasteiger partial charge on any atom is 0.264 e. The van der Waals surface area contributed by atoms with Crippen LogP contribution in [0.2, 0.25) is 0 Å². The first-order valence-electron chi connectivity index (χ1n) is 6.65. The van der Waals surface area contributed by atoms with Crippen LogP contribution in [0.4, 0.5) is 0 Å². The van der Waals surface area contributed by atoms with Crippen LogP contribution in [0.5, 0.6) is 0 Å². The van der Waals surface area contributed by atoms with Gasteiger partial charge in [0.25, 0.3) is 5.91 Å². The van der Waals surface area contributed by atoms with E-state index < -0.39 is 0 Å². The van der Waals surface area contributed by atoms with Gasteiger partial charge in [0.05, 0.1) is 4.88 Å². The van der Waals surface area contributed by atoms with Crippen LogP contribution >= 0.6 is 11.3 Å². The lowest BCUT2D eigenvalue weighted by atomic mass is 9.99. The lowest BCUT2D eigenvalue weighted by Crippen LogP contribution is -2.57. The van der Waals surface area contributed by atoms with Crippen LogP contribution in [0.25, 0.3) is 0 Å². The fourth-order valence-corrected chi connectivity index (χ4v) is 3.18. The summed E-state index contributed by atoms with van der Waals surface area (Å²) in [5.41, 5.74) is 0. The predicted molar refractivity (Wildman–Crippen MR) is 76.1 cm³/mol. The van der Waals surface area contributed by atoms with Crippen LogP contribution in [0.3, 0.4) is 0 Å². The number of rotatable bonds is 3. The Balaban J connectivity index is 2.12. The highest BCUT2D eigenvalue weighted by Gasteiger charge is 2.30. The van der Waals surface area contributed by atoms with Gasteiger partial charge in [-0.1, -0.05) is 19.9 Å². The average molecular weight is 266 g/mol. The highest BCUT2D eigenvalue weighted by Crippen LogP contribution is 2.20. The van der Waals surface area contributed by atoms with Crippen molar-refractivity contribution in [3.8, 4) is 0 Å². The summed E-state index contributed by atoms with van der Waals surface area (Å²) >= 11 is 1.54. The number of thiophene rings is 1. The number of carbonyl (C=O) groups is 1. The minimum atomic E-state index is 0.198. The SMILES string of the molecule is CC(C)CC1CNC(C)CN1C(=O)c1cccs1. The Bertz CT molecular complexity index is 389. The van der Waals surface area contributed by atoms with Gasteiger partial charge < -0.3 is 10.2 Å². The largest absolute Gasteiger partial charge is 0.332 e. The van der Waals surface area contributed by atoms with E-state index in [0.717, 1.165) is 24.4 Å². The van der Waals surface area contributed by atoms with Crippen LogP contribution in [-0.4, -0.2) is 36.0 Å². The fraction of sp³-hybridized carbons (Fsp3) is 0.643. The smallest absolute Gasteiger partial charge is 0.264 e. The van der Waals surface area contributed by atoms with Crippen LogP contribution < -0.4 is 5.32 Å². The number of nitrogens with zero attached hydrogens (tertiary/aromatic N) is 1. The van der Waals surface area contributed by atoms with Gasteiger partial charge in [0.1, 0.15) is 0 Å². The van der Waals surface area contributed by atoms with Crippen molar-refractivity contribution in [2.24, 2.45) is 5.92 Å². The van der Waals surface area contributed by atoms with Gasteiger partial charge in [0, 0.05) is 25.2 Å². The summed E-state index contributed by atoms with van der Waals surface area (Å²) in [6.45, 7) is 8.29. The van der Waals surface area contributed by atoms with Gasteiger partial charge in [-0.15, -0.1) is 11.3 Å². The number of nitrogens with one attached hydrogen (secondary N) is 1. The quantitative estimate of drug-likeness (QED) is 0.912. The second-order valence-corrected chi connectivity index (χ2v) is 6.48.